The molecule has 0 saturated carbocycles. The molecule has 1 aliphatic carbocycles. The van der Waals surface area contributed by atoms with E-state index in [1.807, 2.05) is 6.92 Å². The Morgan fingerprint density at radius 1 is 0.458 bits per heavy atom. The van der Waals surface area contributed by atoms with Gasteiger partial charge in [-0.05, 0) is 172 Å². The van der Waals surface area contributed by atoms with E-state index in [1.165, 1.54) is 82.4 Å². The Morgan fingerprint density at radius 3 is 1.67 bits per heavy atom. The van der Waals surface area contributed by atoms with E-state index in [4.69, 9.17) is 33.1 Å². The van der Waals surface area contributed by atoms with Gasteiger partial charge < -0.3 is 0 Å². The quantitative estimate of drug-likeness (QED) is 0.137. The highest BCUT2D eigenvalue weighted by Crippen LogP contribution is 2.43. The molecule has 6 aromatic carbocycles. The van der Waals surface area contributed by atoms with Crippen molar-refractivity contribution in [3.05, 3.63) is 122 Å². The molecular formula is C45H41BS2. The molecule has 0 unspecified atom stereocenters. The molecule has 1 aliphatic rings. The number of hydrogen-bond acceptors (Lipinski definition) is 2. The minimum absolute atomic E-state index is 0.696. The van der Waals surface area contributed by atoms with Crippen LogP contribution in [0.5, 0.6) is 0 Å². The maximum Gasteiger partial charge on any atom is 0.115 e. The summed E-state index contributed by atoms with van der Waals surface area (Å²) in [5.41, 5.74) is 19.5. The molecule has 0 heterocycles. The number of rotatable bonds is 4. The molecule has 0 amide bonds. The molecule has 0 bridgehead atoms. The van der Waals surface area contributed by atoms with Crippen molar-refractivity contribution >= 4 is 61.5 Å². The fourth-order valence-electron chi connectivity index (χ4n) is 7.91. The molecule has 3 heteroatoms. The van der Waals surface area contributed by atoms with Crippen LogP contribution in [0, 0.1) is 48.5 Å². The van der Waals surface area contributed by atoms with Gasteiger partial charge in [-0.25, -0.2) is 0 Å². The van der Waals surface area contributed by atoms with Gasteiger partial charge in [0.05, 0.1) is 0 Å². The number of hydrogen-bond donors (Lipinski definition) is 2. The topological polar surface area (TPSA) is 0 Å². The standard InChI is InChI=1S/C45H41BS2/c1-24-25(2)27(4)39(28(5)26(24)3)42-36-20-14-13-19-35(36)41(34-18-12-11-17-33(34)31-15-9-8-10-16-31)37-22-21-32(23-38(37)42)40-29(6)45(48)43(46)30(7)44(40)47/h8-12,15-23,47-48H,13-14H2,1-7H3. The number of benzene rings is 6. The van der Waals surface area contributed by atoms with Gasteiger partial charge in [-0.2, -0.15) is 0 Å². The first-order valence-corrected chi connectivity index (χ1v) is 17.8. The van der Waals surface area contributed by atoms with Crippen LogP contribution in [0.2, 0.25) is 0 Å². The minimum Gasteiger partial charge on any atom is -0.144 e. The summed E-state index contributed by atoms with van der Waals surface area (Å²) in [6.45, 7) is 15.6. The van der Waals surface area contributed by atoms with Crippen molar-refractivity contribution in [1.82, 2.24) is 0 Å². The second kappa shape index (κ2) is 12.5. The van der Waals surface area contributed by atoms with Crippen LogP contribution in [0.25, 0.3) is 67.4 Å². The maximum absolute atomic E-state index is 6.48. The van der Waals surface area contributed by atoms with Crippen LogP contribution in [0.4, 0.5) is 0 Å². The Bertz CT molecular complexity index is 2380. The smallest absolute Gasteiger partial charge is 0.115 e. The normalized spacial score (nSPS) is 12.5. The van der Waals surface area contributed by atoms with Gasteiger partial charge in [0.25, 0.3) is 0 Å². The van der Waals surface area contributed by atoms with Gasteiger partial charge in [-0.1, -0.05) is 84.3 Å². The summed E-state index contributed by atoms with van der Waals surface area (Å²) >= 11 is 9.92. The summed E-state index contributed by atoms with van der Waals surface area (Å²) in [7, 11) is 6.48. The second-order valence-corrected chi connectivity index (χ2v) is 14.4. The van der Waals surface area contributed by atoms with Crippen molar-refractivity contribution in [3.8, 4) is 44.5 Å². The van der Waals surface area contributed by atoms with Crippen LogP contribution >= 0.6 is 25.3 Å². The molecule has 7 rings (SSSR count). The van der Waals surface area contributed by atoms with E-state index < -0.39 is 0 Å². The van der Waals surface area contributed by atoms with E-state index >= 15 is 0 Å². The number of thiol groups is 2. The molecule has 0 aromatic heterocycles. The maximum atomic E-state index is 6.48. The van der Waals surface area contributed by atoms with Crippen molar-refractivity contribution in [1.29, 1.82) is 0 Å². The van der Waals surface area contributed by atoms with E-state index in [-0.39, 0.29) is 0 Å². The molecule has 0 saturated heterocycles. The predicted molar refractivity (Wildman–Crippen MR) is 216 cm³/mol. The summed E-state index contributed by atoms with van der Waals surface area (Å²) < 4.78 is 0. The molecule has 0 N–H and O–H groups in total. The van der Waals surface area contributed by atoms with Gasteiger partial charge in [-0.3, -0.25) is 0 Å². The lowest BCUT2D eigenvalue weighted by atomic mass is 9.79. The van der Waals surface area contributed by atoms with Gasteiger partial charge in [0, 0.05) is 9.79 Å². The Kier molecular flexibility index (Phi) is 8.51. The minimum atomic E-state index is 0.696. The Labute approximate surface area is 297 Å². The molecule has 0 fully saturated rings. The summed E-state index contributed by atoms with van der Waals surface area (Å²) in [5, 5.41) is 5.19. The molecule has 48 heavy (non-hydrogen) atoms. The molecule has 0 aliphatic heterocycles. The summed E-state index contributed by atoms with van der Waals surface area (Å²) in [6, 6.07) is 26.7. The third-order valence-corrected chi connectivity index (χ3v) is 12.2. The molecule has 6 aromatic rings. The first kappa shape index (κ1) is 32.6. The average molecular weight is 657 g/mol. The highest BCUT2D eigenvalue weighted by atomic mass is 32.1. The third kappa shape index (κ3) is 5.01. The highest BCUT2D eigenvalue weighted by molar-refractivity contribution is 7.81. The van der Waals surface area contributed by atoms with Crippen LogP contribution in [-0.4, -0.2) is 7.85 Å². The van der Waals surface area contributed by atoms with Crippen molar-refractivity contribution in [2.24, 2.45) is 0 Å². The second-order valence-electron chi connectivity index (χ2n) is 13.5. The van der Waals surface area contributed by atoms with Crippen molar-refractivity contribution in [2.75, 3.05) is 0 Å². The van der Waals surface area contributed by atoms with Crippen molar-refractivity contribution in [2.45, 2.75) is 71.1 Å². The zero-order valence-electron chi connectivity index (χ0n) is 29.0. The Balaban J connectivity index is 1.71. The van der Waals surface area contributed by atoms with Gasteiger partial charge >= 0.3 is 0 Å². The van der Waals surface area contributed by atoms with Crippen LogP contribution in [0.3, 0.4) is 0 Å². The summed E-state index contributed by atoms with van der Waals surface area (Å²) in [4.78, 5) is 1.73. The number of fused-ring (bicyclic) bond motifs is 2. The van der Waals surface area contributed by atoms with E-state index in [9.17, 15) is 0 Å². The predicted octanol–water partition coefficient (Wildman–Crippen LogP) is 10.4. The van der Waals surface area contributed by atoms with E-state index in [2.05, 4.69) is 126 Å². The molecule has 2 radical (unpaired) electrons. The molecule has 236 valence electrons. The third-order valence-electron chi connectivity index (χ3n) is 11.1. The molecule has 0 atom stereocenters. The van der Waals surface area contributed by atoms with Gasteiger partial charge in [0.2, 0.25) is 0 Å². The fourth-order valence-corrected chi connectivity index (χ4v) is 8.61. The van der Waals surface area contributed by atoms with Crippen LogP contribution < -0.4 is 15.9 Å². The lowest BCUT2D eigenvalue weighted by Gasteiger charge is -2.25. The zero-order chi connectivity index (χ0) is 34.0. The Hall–Kier alpha value is -3.92. The zero-order valence-corrected chi connectivity index (χ0v) is 30.8. The van der Waals surface area contributed by atoms with Gasteiger partial charge in [0.15, 0.2) is 0 Å². The average Bonchev–Trinajstić information content (AvgIpc) is 3.11. The highest BCUT2D eigenvalue weighted by Gasteiger charge is 2.24. The van der Waals surface area contributed by atoms with E-state index in [0.29, 0.717) is 5.46 Å². The first-order valence-electron chi connectivity index (χ1n) is 16.9. The van der Waals surface area contributed by atoms with Gasteiger partial charge in [-0.15, -0.1) is 25.3 Å². The molecule has 0 spiro atoms. The molecule has 0 nitrogen and oxygen atoms in total. The van der Waals surface area contributed by atoms with Crippen molar-refractivity contribution < 1.29 is 0 Å². The summed E-state index contributed by atoms with van der Waals surface area (Å²) in [6.07, 6.45) is 7.02. The molecular weight excluding hydrogens is 615 g/mol. The van der Waals surface area contributed by atoms with E-state index in [0.717, 1.165) is 44.9 Å². The Morgan fingerprint density at radius 2 is 1.02 bits per heavy atom. The largest absolute Gasteiger partial charge is 0.144 e. The monoisotopic (exact) mass is 656 g/mol. The van der Waals surface area contributed by atoms with Crippen LogP contribution in [0.15, 0.2) is 82.6 Å². The first-order chi connectivity index (χ1) is 23.0. The van der Waals surface area contributed by atoms with Crippen LogP contribution in [0.1, 0.15) is 51.8 Å². The van der Waals surface area contributed by atoms with Crippen LogP contribution in [-0.2, 0) is 0 Å². The van der Waals surface area contributed by atoms with Gasteiger partial charge in [0.1, 0.15) is 7.85 Å². The van der Waals surface area contributed by atoms with E-state index in [1.54, 1.807) is 0 Å². The SMILES string of the molecule is [B]c1c(C)c(S)c(-c2ccc3c(-c4ccccc4-c4ccccc4)c4c(c(-c5c(C)c(C)c(C)c(C)c5C)c3c2)=CCCC=4)c(C)c1S. The fraction of sp³-hybridized carbons (Fsp3) is 0.200. The lowest BCUT2D eigenvalue weighted by molar-refractivity contribution is 1.12. The lowest BCUT2D eigenvalue weighted by Crippen LogP contribution is -2.32. The summed E-state index contributed by atoms with van der Waals surface area (Å²) in [5.74, 6) is 0. The van der Waals surface area contributed by atoms with Crippen molar-refractivity contribution in [3.63, 3.8) is 0 Å².